The summed E-state index contributed by atoms with van der Waals surface area (Å²) in [6.45, 7) is 5.91. The highest BCUT2D eigenvalue weighted by Gasteiger charge is 2.30. The van der Waals surface area contributed by atoms with Crippen molar-refractivity contribution in [2.75, 3.05) is 27.3 Å². The molecule has 3 aromatic rings. The van der Waals surface area contributed by atoms with Crippen molar-refractivity contribution in [2.45, 2.75) is 65.1 Å². The number of hydrogen-bond donors (Lipinski definition) is 0. The molecule has 0 N–H and O–H groups in total. The van der Waals surface area contributed by atoms with Gasteiger partial charge < -0.3 is 23.8 Å². The van der Waals surface area contributed by atoms with E-state index in [0.29, 0.717) is 30.2 Å². The zero-order valence-electron chi connectivity index (χ0n) is 24.3. The topological polar surface area (TPSA) is 64.0 Å². The minimum absolute atomic E-state index is 0.0131. The van der Waals surface area contributed by atoms with Crippen LogP contribution in [0.4, 0.5) is 0 Å². The van der Waals surface area contributed by atoms with Gasteiger partial charge in [0.1, 0.15) is 18.0 Å². The maximum atomic E-state index is 14.1. The molecule has 2 aromatic carbocycles. The van der Waals surface area contributed by atoms with Gasteiger partial charge in [-0.15, -0.1) is 0 Å². The Kier molecular flexibility index (Phi) is 10.3. The molecule has 0 bridgehead atoms. The van der Waals surface area contributed by atoms with Gasteiger partial charge >= 0.3 is 0 Å². The molecule has 0 spiro atoms. The van der Waals surface area contributed by atoms with Crippen molar-refractivity contribution in [3.63, 3.8) is 0 Å². The molecular formula is C33H43N3O4. The van der Waals surface area contributed by atoms with Crippen LogP contribution < -0.4 is 9.47 Å². The number of carbonyl (C=O) groups is 2. The molecule has 40 heavy (non-hydrogen) atoms. The average molecular weight is 546 g/mol. The van der Waals surface area contributed by atoms with Crippen molar-refractivity contribution in [3.8, 4) is 11.5 Å². The molecule has 1 heterocycles. The molecule has 2 amide bonds. The molecule has 7 nitrogen and oxygen atoms in total. The van der Waals surface area contributed by atoms with Crippen LogP contribution in [-0.2, 0) is 17.9 Å². The average Bonchev–Trinajstić information content (AvgIpc) is 3.41. The molecule has 1 aromatic heterocycles. The van der Waals surface area contributed by atoms with Gasteiger partial charge in [0.05, 0.1) is 26.3 Å². The third kappa shape index (κ3) is 7.46. The molecule has 1 aliphatic rings. The fraction of sp³-hybridized carbons (Fsp3) is 0.455. The van der Waals surface area contributed by atoms with E-state index in [2.05, 4.69) is 54.9 Å². The van der Waals surface area contributed by atoms with Crippen molar-refractivity contribution in [3.05, 3.63) is 83.7 Å². The number of rotatable bonds is 12. The van der Waals surface area contributed by atoms with Crippen LogP contribution in [-0.4, -0.2) is 59.5 Å². The molecular weight excluding hydrogens is 502 g/mol. The summed E-state index contributed by atoms with van der Waals surface area (Å²) in [5, 5.41) is 0. The van der Waals surface area contributed by atoms with Crippen LogP contribution in [0.2, 0.25) is 0 Å². The molecule has 1 fully saturated rings. The lowest BCUT2D eigenvalue weighted by Crippen LogP contribution is -2.48. The zero-order valence-corrected chi connectivity index (χ0v) is 24.3. The molecule has 0 aliphatic heterocycles. The Hall–Kier alpha value is -3.74. The first-order chi connectivity index (χ1) is 19.4. The van der Waals surface area contributed by atoms with Gasteiger partial charge in [-0.1, -0.05) is 63.4 Å². The number of nitrogens with zero attached hydrogens (tertiary/aromatic N) is 3. The van der Waals surface area contributed by atoms with Gasteiger partial charge in [0.2, 0.25) is 5.91 Å². The van der Waals surface area contributed by atoms with Crippen molar-refractivity contribution < 1.29 is 19.1 Å². The number of amides is 2. The second-order valence-electron chi connectivity index (χ2n) is 11.1. The number of carbonyl (C=O) groups excluding carboxylic acids is 2. The monoisotopic (exact) mass is 545 g/mol. The Bertz CT molecular complexity index is 1250. The predicted molar refractivity (Wildman–Crippen MR) is 158 cm³/mol. The molecule has 0 unspecified atom stereocenters. The summed E-state index contributed by atoms with van der Waals surface area (Å²) in [7, 11) is 3.12. The lowest BCUT2D eigenvalue weighted by atomic mass is 9.94. The number of methoxy groups -OCH3 is 2. The van der Waals surface area contributed by atoms with Gasteiger partial charge in [-0.2, -0.15) is 0 Å². The van der Waals surface area contributed by atoms with E-state index in [1.54, 1.807) is 37.3 Å². The van der Waals surface area contributed by atoms with Gasteiger partial charge in [-0.3, -0.25) is 9.59 Å². The Morgan fingerprint density at radius 1 is 0.950 bits per heavy atom. The van der Waals surface area contributed by atoms with Crippen LogP contribution in [0, 0.1) is 5.92 Å². The van der Waals surface area contributed by atoms with Gasteiger partial charge in [0.25, 0.3) is 5.91 Å². The summed E-state index contributed by atoms with van der Waals surface area (Å²) >= 11 is 0. The zero-order chi connectivity index (χ0) is 28.5. The van der Waals surface area contributed by atoms with Crippen LogP contribution >= 0.6 is 0 Å². The predicted octanol–water partition coefficient (Wildman–Crippen LogP) is 6.01. The van der Waals surface area contributed by atoms with E-state index < -0.39 is 0 Å². The van der Waals surface area contributed by atoms with Crippen LogP contribution in [0.15, 0.2) is 66.9 Å². The number of aromatic nitrogens is 1. The van der Waals surface area contributed by atoms with Gasteiger partial charge in [0.15, 0.2) is 0 Å². The largest absolute Gasteiger partial charge is 0.497 e. The maximum absolute atomic E-state index is 14.1. The second-order valence-corrected chi connectivity index (χ2v) is 11.1. The summed E-state index contributed by atoms with van der Waals surface area (Å²) in [6.07, 6.45) is 7.52. The van der Waals surface area contributed by atoms with Crippen LogP contribution in [0.5, 0.6) is 11.5 Å². The van der Waals surface area contributed by atoms with Crippen molar-refractivity contribution in [1.29, 1.82) is 0 Å². The fourth-order valence-corrected chi connectivity index (χ4v) is 5.58. The summed E-state index contributed by atoms with van der Waals surface area (Å²) in [5.41, 5.74) is 2.75. The Morgan fingerprint density at radius 3 is 2.38 bits per heavy atom. The van der Waals surface area contributed by atoms with E-state index in [0.717, 1.165) is 37.9 Å². The third-order valence-corrected chi connectivity index (χ3v) is 7.63. The summed E-state index contributed by atoms with van der Waals surface area (Å²) in [5.74, 6) is 1.03. The maximum Gasteiger partial charge on any atom is 0.258 e. The highest BCUT2D eigenvalue weighted by atomic mass is 16.5. The van der Waals surface area contributed by atoms with Crippen LogP contribution in [0.1, 0.15) is 67.6 Å². The number of hydrogen-bond acceptors (Lipinski definition) is 4. The molecule has 1 aliphatic carbocycles. The lowest BCUT2D eigenvalue weighted by Gasteiger charge is -2.36. The van der Waals surface area contributed by atoms with Gasteiger partial charge in [0, 0.05) is 37.1 Å². The van der Waals surface area contributed by atoms with E-state index in [-0.39, 0.29) is 30.3 Å². The van der Waals surface area contributed by atoms with E-state index in [1.165, 1.54) is 12.0 Å². The van der Waals surface area contributed by atoms with E-state index in [1.807, 2.05) is 17.0 Å². The first kappa shape index (κ1) is 29.2. The van der Waals surface area contributed by atoms with Gasteiger partial charge in [-0.25, -0.2) is 0 Å². The molecule has 1 saturated carbocycles. The van der Waals surface area contributed by atoms with Gasteiger partial charge in [-0.05, 0) is 48.6 Å². The normalized spacial score (nSPS) is 13.7. The van der Waals surface area contributed by atoms with E-state index in [4.69, 9.17) is 9.47 Å². The molecule has 4 rings (SSSR count). The number of benzene rings is 2. The Morgan fingerprint density at radius 2 is 1.70 bits per heavy atom. The molecule has 0 atom stereocenters. The lowest BCUT2D eigenvalue weighted by molar-refractivity contribution is -0.135. The first-order valence-corrected chi connectivity index (χ1v) is 14.4. The van der Waals surface area contributed by atoms with E-state index in [9.17, 15) is 9.59 Å². The summed E-state index contributed by atoms with van der Waals surface area (Å²) in [6, 6.07) is 19.9. The van der Waals surface area contributed by atoms with Crippen molar-refractivity contribution >= 4 is 11.8 Å². The molecule has 7 heteroatoms. The highest BCUT2D eigenvalue weighted by Crippen LogP contribution is 2.28. The molecule has 214 valence electrons. The summed E-state index contributed by atoms with van der Waals surface area (Å²) < 4.78 is 13.0. The SMILES string of the molecule is COc1ccc(C(=O)N(CC(=O)N(Cc2cccn2Cc2ccccc2)C2CCCCC2)CC(C)C)c(OC)c1. The standard InChI is InChI=1S/C33H43N3O4/c1-25(2)21-35(33(38)30-18-17-29(39-3)20-31(30)40-4)24-32(37)36(27-14-9-6-10-15-27)23-28-16-11-19-34(28)22-26-12-7-5-8-13-26/h5,7-8,11-13,16-20,25,27H,6,9-10,14-15,21-24H2,1-4H3. The van der Waals surface area contributed by atoms with Crippen molar-refractivity contribution in [1.82, 2.24) is 14.4 Å². The quantitative estimate of drug-likeness (QED) is 0.280. The highest BCUT2D eigenvalue weighted by molar-refractivity contribution is 5.99. The Balaban J connectivity index is 1.58. The molecule has 0 radical (unpaired) electrons. The second kappa shape index (κ2) is 14.1. The first-order valence-electron chi connectivity index (χ1n) is 14.4. The van der Waals surface area contributed by atoms with Crippen LogP contribution in [0.25, 0.3) is 0 Å². The number of ether oxygens (including phenoxy) is 2. The van der Waals surface area contributed by atoms with Crippen molar-refractivity contribution in [2.24, 2.45) is 5.92 Å². The third-order valence-electron chi connectivity index (χ3n) is 7.63. The van der Waals surface area contributed by atoms with Crippen LogP contribution in [0.3, 0.4) is 0 Å². The Labute approximate surface area is 238 Å². The molecule has 0 saturated heterocycles. The minimum atomic E-state index is -0.211. The minimum Gasteiger partial charge on any atom is -0.497 e. The summed E-state index contributed by atoms with van der Waals surface area (Å²) in [4.78, 5) is 31.6. The van der Waals surface area contributed by atoms with E-state index >= 15 is 0 Å². The smallest absolute Gasteiger partial charge is 0.258 e. The fourth-order valence-electron chi connectivity index (χ4n) is 5.58.